The molecule has 12 heteroatoms. The quantitative estimate of drug-likeness (QED) is 0.360. The zero-order valence-corrected chi connectivity index (χ0v) is 19.3. The third-order valence-electron chi connectivity index (χ3n) is 4.85. The summed E-state index contributed by atoms with van der Waals surface area (Å²) in [7, 11) is -7.82. The number of nitrogens with two attached hydrogens (primary N) is 1. The zero-order chi connectivity index (χ0) is 24.2. The molecule has 0 fully saturated rings. The molecule has 1 atom stereocenters. The minimum absolute atomic E-state index is 0.0153. The second kappa shape index (κ2) is 9.83. The van der Waals surface area contributed by atoms with Crippen LogP contribution >= 0.6 is 0 Å². The molecule has 0 radical (unpaired) electrons. The van der Waals surface area contributed by atoms with Crippen LogP contribution in [0.1, 0.15) is 19.2 Å². The van der Waals surface area contributed by atoms with Gasteiger partial charge in [-0.25, -0.2) is 31.7 Å². The molecule has 1 aromatic heterocycles. The third-order valence-corrected chi connectivity index (χ3v) is 7.52. The minimum Gasteiger partial charge on any atom is -0.480 e. The van der Waals surface area contributed by atoms with Crippen molar-refractivity contribution in [1.29, 1.82) is 0 Å². The normalized spacial score (nSPS) is 13.0. The fraction of sp³-hybridized carbons (Fsp3) is 0.238. The number of primary sulfonamides is 1. The van der Waals surface area contributed by atoms with Gasteiger partial charge in [0, 0.05) is 24.1 Å². The van der Waals surface area contributed by atoms with Crippen molar-refractivity contribution >= 4 is 26.0 Å². The van der Waals surface area contributed by atoms with Gasteiger partial charge in [0.1, 0.15) is 5.69 Å². The lowest BCUT2D eigenvalue weighted by Crippen LogP contribution is -2.38. The maximum atomic E-state index is 11.9. The lowest BCUT2D eigenvalue weighted by molar-refractivity contribution is -0.136. The largest absolute Gasteiger partial charge is 0.480 e. The second-order valence-corrected chi connectivity index (χ2v) is 10.9. The highest BCUT2D eigenvalue weighted by Gasteiger charge is 2.27. The Morgan fingerprint density at radius 1 is 1.06 bits per heavy atom. The van der Waals surface area contributed by atoms with Crippen molar-refractivity contribution in [3.05, 3.63) is 60.5 Å². The van der Waals surface area contributed by atoms with Crippen LogP contribution in [0.5, 0.6) is 0 Å². The Hall–Kier alpha value is -3.06. The molecule has 3 aromatic rings. The highest BCUT2D eigenvalue weighted by atomic mass is 32.2. The molecule has 0 aliphatic rings. The van der Waals surface area contributed by atoms with E-state index in [4.69, 9.17) is 14.7 Å². The van der Waals surface area contributed by atoms with Crippen LogP contribution < -0.4 is 9.86 Å². The van der Waals surface area contributed by atoms with Gasteiger partial charge >= 0.3 is 5.97 Å². The van der Waals surface area contributed by atoms with Gasteiger partial charge in [0.15, 0.2) is 16.9 Å². The summed E-state index contributed by atoms with van der Waals surface area (Å²) >= 11 is 0. The Morgan fingerprint density at radius 3 is 2.27 bits per heavy atom. The van der Waals surface area contributed by atoms with Gasteiger partial charge in [-0.05, 0) is 37.6 Å². The molecule has 2 aromatic carbocycles. The van der Waals surface area contributed by atoms with E-state index < -0.39 is 31.3 Å². The van der Waals surface area contributed by atoms with E-state index in [0.29, 0.717) is 35.7 Å². The summed E-state index contributed by atoms with van der Waals surface area (Å²) in [5.74, 6) is -0.650. The van der Waals surface area contributed by atoms with Gasteiger partial charge in [-0.15, -0.1) is 0 Å². The van der Waals surface area contributed by atoms with Crippen molar-refractivity contribution in [2.24, 2.45) is 5.14 Å². The van der Waals surface area contributed by atoms with Gasteiger partial charge < -0.3 is 9.52 Å². The number of hydrogen-bond donors (Lipinski definition) is 3. The third kappa shape index (κ3) is 6.05. The van der Waals surface area contributed by atoms with Gasteiger partial charge in [0.25, 0.3) is 0 Å². The van der Waals surface area contributed by atoms with Crippen molar-refractivity contribution < 1.29 is 31.2 Å². The van der Waals surface area contributed by atoms with E-state index in [1.54, 1.807) is 12.1 Å². The van der Waals surface area contributed by atoms with E-state index in [-0.39, 0.29) is 11.4 Å². The molecule has 0 aliphatic heterocycles. The van der Waals surface area contributed by atoms with Gasteiger partial charge in [0.2, 0.25) is 20.0 Å². The second-order valence-electron chi connectivity index (χ2n) is 7.24. The SMILES string of the molecule is CC(C(=O)O)S(=O)(=O)NCCCc1nc(-c2ccccc2)c(-c2ccc(S(N)(=O)=O)cc2)o1. The van der Waals surface area contributed by atoms with Gasteiger partial charge in [0.05, 0.1) is 4.90 Å². The van der Waals surface area contributed by atoms with Crippen molar-refractivity contribution in [2.45, 2.75) is 29.9 Å². The number of sulfonamides is 2. The summed E-state index contributed by atoms with van der Waals surface area (Å²) in [6.07, 6.45) is 0.614. The van der Waals surface area contributed by atoms with Crippen LogP contribution in [-0.4, -0.2) is 44.7 Å². The summed E-state index contributed by atoms with van der Waals surface area (Å²) in [6, 6.07) is 15.1. The van der Waals surface area contributed by atoms with Gasteiger partial charge in [-0.1, -0.05) is 30.3 Å². The molecule has 33 heavy (non-hydrogen) atoms. The number of oxazole rings is 1. The molecule has 0 bridgehead atoms. The molecule has 176 valence electrons. The highest BCUT2D eigenvalue weighted by Crippen LogP contribution is 2.33. The fourth-order valence-corrected chi connectivity index (χ4v) is 4.43. The van der Waals surface area contributed by atoms with Gasteiger partial charge in [-0.3, -0.25) is 4.79 Å². The van der Waals surface area contributed by atoms with E-state index in [1.807, 2.05) is 30.3 Å². The minimum atomic E-state index is -3.98. The smallest absolute Gasteiger partial charge is 0.323 e. The number of aliphatic carboxylic acids is 1. The number of nitrogens with one attached hydrogen (secondary N) is 1. The van der Waals surface area contributed by atoms with Crippen LogP contribution in [0.15, 0.2) is 63.9 Å². The number of aryl methyl sites for hydroxylation is 1. The Bertz CT molecular complexity index is 1330. The number of hydrogen-bond acceptors (Lipinski definition) is 7. The standard InChI is InChI=1S/C21H23N3O7S2/c1-14(21(25)26)33(29,30)23-13-5-8-18-24-19(15-6-3-2-4-7-15)20(31-18)16-9-11-17(12-10-16)32(22,27)28/h2-4,6-7,9-12,14,23H,5,8,13H2,1H3,(H,25,26)(H2,22,27,28). The zero-order valence-electron chi connectivity index (χ0n) is 17.6. The van der Waals surface area contributed by atoms with Crippen molar-refractivity contribution in [3.63, 3.8) is 0 Å². The maximum absolute atomic E-state index is 11.9. The molecule has 3 rings (SSSR count). The van der Waals surface area contributed by atoms with E-state index in [0.717, 1.165) is 12.5 Å². The van der Waals surface area contributed by atoms with E-state index in [1.165, 1.54) is 12.1 Å². The Morgan fingerprint density at radius 2 is 1.70 bits per heavy atom. The number of aromatic nitrogens is 1. The van der Waals surface area contributed by atoms with Crippen molar-refractivity contribution in [2.75, 3.05) is 6.54 Å². The predicted molar refractivity (Wildman–Crippen MR) is 121 cm³/mol. The first-order chi connectivity index (χ1) is 15.5. The molecule has 0 amide bonds. The first-order valence-corrected chi connectivity index (χ1v) is 13.0. The number of carboxylic acids is 1. The summed E-state index contributed by atoms with van der Waals surface area (Å²) in [5.41, 5.74) is 1.93. The van der Waals surface area contributed by atoms with Crippen LogP contribution in [-0.2, 0) is 31.3 Å². The Kier molecular flexibility index (Phi) is 7.32. The van der Waals surface area contributed by atoms with Crippen LogP contribution in [0, 0.1) is 0 Å². The average molecular weight is 494 g/mol. The molecule has 1 unspecified atom stereocenters. The monoisotopic (exact) mass is 493 g/mol. The molecule has 10 nitrogen and oxygen atoms in total. The molecular formula is C21H23N3O7S2. The molecule has 0 aliphatic carbocycles. The lowest BCUT2D eigenvalue weighted by Gasteiger charge is -2.09. The van der Waals surface area contributed by atoms with E-state index in [9.17, 15) is 21.6 Å². The number of rotatable bonds is 10. The number of benzene rings is 2. The topological polar surface area (TPSA) is 170 Å². The molecule has 0 spiro atoms. The van der Waals surface area contributed by atoms with Crippen LogP contribution in [0.4, 0.5) is 0 Å². The van der Waals surface area contributed by atoms with Crippen molar-refractivity contribution in [3.8, 4) is 22.6 Å². The van der Waals surface area contributed by atoms with Crippen LogP contribution in [0.25, 0.3) is 22.6 Å². The molecular weight excluding hydrogens is 470 g/mol. The van der Waals surface area contributed by atoms with Crippen molar-refractivity contribution in [1.82, 2.24) is 9.71 Å². The number of carbonyl (C=O) groups is 1. The Labute approximate surface area is 191 Å². The molecule has 1 heterocycles. The molecule has 0 saturated carbocycles. The van der Waals surface area contributed by atoms with E-state index >= 15 is 0 Å². The highest BCUT2D eigenvalue weighted by molar-refractivity contribution is 7.90. The summed E-state index contributed by atoms with van der Waals surface area (Å²) in [5, 5.41) is 12.5. The van der Waals surface area contributed by atoms with E-state index in [2.05, 4.69) is 9.71 Å². The van der Waals surface area contributed by atoms with Crippen LogP contribution in [0.2, 0.25) is 0 Å². The number of nitrogens with zero attached hydrogens (tertiary/aromatic N) is 1. The first kappa shape index (κ1) is 24.6. The molecule has 4 N–H and O–H groups in total. The average Bonchev–Trinajstić information content (AvgIpc) is 3.20. The summed E-state index contributed by atoms with van der Waals surface area (Å²) < 4.78 is 55.1. The Balaban J connectivity index is 1.82. The van der Waals surface area contributed by atoms with Gasteiger partial charge in [-0.2, -0.15) is 0 Å². The summed E-state index contributed by atoms with van der Waals surface area (Å²) in [6.45, 7) is 1.11. The maximum Gasteiger partial charge on any atom is 0.323 e. The fourth-order valence-electron chi connectivity index (χ4n) is 2.97. The molecule has 0 saturated heterocycles. The predicted octanol–water partition coefficient (Wildman–Crippen LogP) is 1.98. The number of carboxylic acid groups (broad SMARTS) is 1. The lowest BCUT2D eigenvalue weighted by atomic mass is 10.1. The summed E-state index contributed by atoms with van der Waals surface area (Å²) in [4.78, 5) is 15.4. The van der Waals surface area contributed by atoms with Crippen LogP contribution in [0.3, 0.4) is 0 Å². The first-order valence-electron chi connectivity index (χ1n) is 9.88.